The number of hydrogen-bond acceptors (Lipinski definition) is 6. The predicted octanol–water partition coefficient (Wildman–Crippen LogP) is 2.27. The molecule has 1 aliphatic heterocycles. The fraction of sp³-hybridized carbons (Fsp3) is 0.333. The van der Waals surface area contributed by atoms with Crippen molar-refractivity contribution in [3.8, 4) is 0 Å². The molecule has 0 aromatic carbocycles. The van der Waals surface area contributed by atoms with Gasteiger partial charge < -0.3 is 15.2 Å². The molecule has 0 saturated carbocycles. The Bertz CT molecular complexity index is 891. The zero-order valence-corrected chi connectivity index (χ0v) is 15.1. The number of piperidine rings is 1. The molecule has 8 heteroatoms. The maximum absolute atomic E-state index is 11.4. The van der Waals surface area contributed by atoms with Crippen molar-refractivity contribution in [2.24, 2.45) is 5.73 Å². The highest BCUT2D eigenvalue weighted by Gasteiger charge is 2.26. The second-order valence-electron chi connectivity index (χ2n) is 6.45. The number of anilines is 1. The molecule has 26 heavy (non-hydrogen) atoms. The van der Waals surface area contributed by atoms with E-state index in [4.69, 9.17) is 5.73 Å². The molecule has 1 unspecified atom stereocenters. The summed E-state index contributed by atoms with van der Waals surface area (Å²) in [6.45, 7) is 2.48. The van der Waals surface area contributed by atoms with E-state index in [1.807, 2.05) is 17.9 Å². The Kier molecular flexibility index (Phi) is 4.66. The number of primary amides is 1. The average molecular weight is 368 g/mol. The Morgan fingerprint density at radius 1 is 1.31 bits per heavy atom. The number of aromatic nitrogens is 4. The van der Waals surface area contributed by atoms with E-state index in [9.17, 15) is 4.79 Å². The van der Waals surface area contributed by atoms with Crippen molar-refractivity contribution in [1.82, 2.24) is 19.5 Å². The van der Waals surface area contributed by atoms with Crippen LogP contribution in [0, 0.1) is 0 Å². The molecule has 134 valence electrons. The highest BCUT2D eigenvalue weighted by Crippen LogP contribution is 2.29. The minimum Gasteiger partial charge on any atom is -0.366 e. The fourth-order valence-electron chi connectivity index (χ4n) is 3.45. The maximum Gasteiger partial charge on any atom is 0.248 e. The molecule has 3 aromatic rings. The zero-order chi connectivity index (χ0) is 17.9. The molecule has 1 atom stereocenters. The normalized spacial score (nSPS) is 17.4. The predicted molar refractivity (Wildman–Crippen MR) is 100 cm³/mol. The number of amides is 1. The van der Waals surface area contributed by atoms with Gasteiger partial charge in [-0.15, -0.1) is 11.3 Å². The lowest BCUT2D eigenvalue weighted by Gasteiger charge is -2.33. The number of nitrogens with zero attached hydrogens (tertiary/aromatic N) is 5. The molecule has 1 fully saturated rings. The van der Waals surface area contributed by atoms with Crippen molar-refractivity contribution in [3.05, 3.63) is 58.7 Å². The molecule has 1 amide bonds. The summed E-state index contributed by atoms with van der Waals surface area (Å²) in [6, 6.07) is 3.42. The monoisotopic (exact) mass is 368 g/mol. The maximum atomic E-state index is 11.4. The van der Waals surface area contributed by atoms with Crippen LogP contribution in [-0.4, -0.2) is 38.5 Å². The van der Waals surface area contributed by atoms with Gasteiger partial charge in [0, 0.05) is 48.5 Å². The number of hydrogen-bond donors (Lipinski definition) is 1. The lowest BCUT2D eigenvalue weighted by atomic mass is 9.97. The number of thiazole rings is 1. The Morgan fingerprint density at radius 3 is 3.04 bits per heavy atom. The molecule has 0 bridgehead atoms. The fourth-order valence-corrected chi connectivity index (χ4v) is 3.99. The van der Waals surface area contributed by atoms with Crippen LogP contribution in [0.2, 0.25) is 0 Å². The summed E-state index contributed by atoms with van der Waals surface area (Å²) in [4.78, 5) is 27.1. The van der Waals surface area contributed by atoms with Crippen LogP contribution in [0.15, 0.2) is 41.6 Å². The first kappa shape index (κ1) is 16.7. The van der Waals surface area contributed by atoms with Crippen LogP contribution in [0.1, 0.15) is 40.6 Å². The Hall–Kier alpha value is -2.74. The van der Waals surface area contributed by atoms with Crippen LogP contribution < -0.4 is 10.6 Å². The van der Waals surface area contributed by atoms with Crippen LogP contribution in [0.4, 0.5) is 5.82 Å². The third kappa shape index (κ3) is 3.45. The lowest BCUT2D eigenvalue weighted by molar-refractivity contribution is 0.1000. The third-order valence-electron chi connectivity index (χ3n) is 4.70. The van der Waals surface area contributed by atoms with Crippen LogP contribution in [0.3, 0.4) is 0 Å². The summed E-state index contributed by atoms with van der Waals surface area (Å²) in [6.07, 6.45) is 7.64. The number of pyridine rings is 1. The van der Waals surface area contributed by atoms with E-state index in [2.05, 4.69) is 29.8 Å². The molecule has 0 radical (unpaired) electrons. The summed E-state index contributed by atoms with van der Waals surface area (Å²) in [5.74, 6) is 1.76. The van der Waals surface area contributed by atoms with Gasteiger partial charge in [-0.3, -0.25) is 4.79 Å². The van der Waals surface area contributed by atoms with Gasteiger partial charge in [0.25, 0.3) is 0 Å². The number of rotatable bonds is 5. The zero-order valence-electron chi connectivity index (χ0n) is 14.3. The Morgan fingerprint density at radius 2 is 2.23 bits per heavy atom. The minimum absolute atomic E-state index is 0.316. The topological polar surface area (TPSA) is 89.9 Å². The van der Waals surface area contributed by atoms with E-state index < -0.39 is 5.91 Å². The molecule has 0 spiro atoms. The largest absolute Gasteiger partial charge is 0.366 e. The molecule has 7 nitrogen and oxygen atoms in total. The lowest BCUT2D eigenvalue weighted by Crippen LogP contribution is -2.36. The van der Waals surface area contributed by atoms with Crippen molar-refractivity contribution in [2.45, 2.75) is 25.3 Å². The van der Waals surface area contributed by atoms with E-state index >= 15 is 0 Å². The number of imidazole rings is 1. The standard InChI is InChI=1S/C18H20N6OS/c19-17(25)13-3-4-20-16(8-13)23-6-1-2-14(9-23)18-21-5-7-24(18)10-15-11-26-12-22-15/h3-5,7-8,11-12,14H,1-2,6,9-10H2,(H2,19,25). The van der Waals surface area contributed by atoms with E-state index in [0.29, 0.717) is 11.5 Å². The van der Waals surface area contributed by atoms with Gasteiger partial charge in [-0.2, -0.15) is 0 Å². The molecule has 0 aliphatic carbocycles. The van der Waals surface area contributed by atoms with E-state index in [0.717, 1.165) is 49.8 Å². The first-order chi connectivity index (χ1) is 12.7. The van der Waals surface area contributed by atoms with Gasteiger partial charge in [0.15, 0.2) is 0 Å². The summed E-state index contributed by atoms with van der Waals surface area (Å²) >= 11 is 1.61. The molecule has 2 N–H and O–H groups in total. The van der Waals surface area contributed by atoms with Crippen LogP contribution >= 0.6 is 11.3 Å². The SMILES string of the molecule is NC(=O)c1ccnc(N2CCCC(c3nccn3Cc3cscn3)C2)c1. The first-order valence-corrected chi connectivity index (χ1v) is 9.54. The van der Waals surface area contributed by atoms with Gasteiger partial charge in [-0.1, -0.05) is 0 Å². The molecular formula is C18H20N6OS. The average Bonchev–Trinajstić information content (AvgIpc) is 3.34. The van der Waals surface area contributed by atoms with Crippen molar-refractivity contribution in [2.75, 3.05) is 18.0 Å². The Labute approximate surface area is 155 Å². The number of carbonyl (C=O) groups excluding carboxylic acids is 1. The van der Waals surface area contributed by atoms with Crippen LogP contribution in [-0.2, 0) is 6.54 Å². The second-order valence-corrected chi connectivity index (χ2v) is 7.16. The summed E-state index contributed by atoms with van der Waals surface area (Å²) in [5.41, 5.74) is 8.79. The number of carbonyl (C=O) groups is 1. The quantitative estimate of drug-likeness (QED) is 0.746. The van der Waals surface area contributed by atoms with Crippen molar-refractivity contribution in [3.63, 3.8) is 0 Å². The van der Waals surface area contributed by atoms with Crippen molar-refractivity contribution < 1.29 is 4.79 Å². The van der Waals surface area contributed by atoms with Gasteiger partial charge in [-0.05, 0) is 25.0 Å². The van der Waals surface area contributed by atoms with Gasteiger partial charge in [0.05, 0.1) is 17.7 Å². The highest BCUT2D eigenvalue weighted by atomic mass is 32.1. The van der Waals surface area contributed by atoms with Crippen molar-refractivity contribution >= 4 is 23.1 Å². The van der Waals surface area contributed by atoms with E-state index in [1.165, 1.54) is 0 Å². The summed E-state index contributed by atoms with van der Waals surface area (Å²) in [7, 11) is 0. The first-order valence-electron chi connectivity index (χ1n) is 8.59. The van der Waals surface area contributed by atoms with Gasteiger partial charge in [0.2, 0.25) is 5.91 Å². The summed E-state index contributed by atoms with van der Waals surface area (Å²) in [5, 5.41) is 2.07. The summed E-state index contributed by atoms with van der Waals surface area (Å²) < 4.78 is 2.18. The molecule has 3 aromatic heterocycles. The van der Waals surface area contributed by atoms with Gasteiger partial charge in [0.1, 0.15) is 11.6 Å². The van der Waals surface area contributed by atoms with E-state index in [1.54, 1.807) is 29.7 Å². The minimum atomic E-state index is -0.430. The number of nitrogens with two attached hydrogens (primary N) is 1. The smallest absolute Gasteiger partial charge is 0.248 e. The highest BCUT2D eigenvalue weighted by molar-refractivity contribution is 7.07. The third-order valence-corrected chi connectivity index (χ3v) is 5.34. The van der Waals surface area contributed by atoms with E-state index in [-0.39, 0.29) is 0 Å². The molecule has 4 rings (SSSR count). The Balaban J connectivity index is 1.53. The van der Waals surface area contributed by atoms with Crippen LogP contribution in [0.25, 0.3) is 0 Å². The molecule has 1 aliphatic rings. The second kappa shape index (κ2) is 7.25. The molecule has 4 heterocycles. The van der Waals surface area contributed by atoms with Gasteiger partial charge >= 0.3 is 0 Å². The molecule has 1 saturated heterocycles. The van der Waals surface area contributed by atoms with Gasteiger partial charge in [-0.25, -0.2) is 15.0 Å². The van der Waals surface area contributed by atoms with Crippen LogP contribution in [0.5, 0.6) is 0 Å². The van der Waals surface area contributed by atoms with Crippen molar-refractivity contribution in [1.29, 1.82) is 0 Å². The molecular weight excluding hydrogens is 348 g/mol.